The Morgan fingerprint density at radius 3 is 2.43 bits per heavy atom. The van der Waals surface area contributed by atoms with Crippen molar-refractivity contribution in [2.24, 2.45) is 5.73 Å². The first-order valence-electron chi connectivity index (χ1n) is 7.79. The lowest BCUT2D eigenvalue weighted by molar-refractivity contribution is 0.240. The van der Waals surface area contributed by atoms with Gasteiger partial charge in [-0.1, -0.05) is 19.8 Å². The molecule has 0 aliphatic carbocycles. The second kappa shape index (κ2) is 10.1. The Balaban J connectivity index is 0.00000484. The van der Waals surface area contributed by atoms with E-state index in [-0.39, 0.29) is 29.4 Å². The van der Waals surface area contributed by atoms with Crippen LogP contribution in [0.25, 0.3) is 0 Å². The molecule has 0 saturated carbocycles. The van der Waals surface area contributed by atoms with E-state index in [2.05, 4.69) is 11.6 Å². The highest BCUT2D eigenvalue weighted by Gasteiger charge is 2.20. The first kappa shape index (κ1) is 22.2. The molecule has 1 atom stereocenters. The van der Waals surface area contributed by atoms with E-state index in [0.29, 0.717) is 12.3 Å². The van der Waals surface area contributed by atoms with Gasteiger partial charge in [0.05, 0.1) is 11.0 Å². The smallest absolute Gasteiger partial charge is 0.240 e. The van der Waals surface area contributed by atoms with E-state index >= 15 is 0 Å². The summed E-state index contributed by atoms with van der Waals surface area (Å²) in [5.41, 5.74) is 6.46. The van der Waals surface area contributed by atoms with E-state index < -0.39 is 10.0 Å². The van der Waals surface area contributed by atoms with Crippen LogP contribution in [0.3, 0.4) is 0 Å². The van der Waals surface area contributed by atoms with Gasteiger partial charge in [-0.2, -0.15) is 0 Å². The number of nitrogens with one attached hydrogen (secondary N) is 1. The second-order valence-corrected chi connectivity index (χ2v) is 7.50. The lowest BCUT2D eigenvalue weighted by atomic mass is 10.1. The van der Waals surface area contributed by atoms with Crippen molar-refractivity contribution in [1.82, 2.24) is 4.72 Å². The highest BCUT2D eigenvalue weighted by molar-refractivity contribution is 7.89. The molecule has 5 nitrogen and oxygen atoms in total. The van der Waals surface area contributed by atoms with Gasteiger partial charge in [0, 0.05) is 12.6 Å². The van der Waals surface area contributed by atoms with E-state index in [1.807, 2.05) is 20.8 Å². The topological polar surface area (TPSA) is 81.4 Å². The molecule has 0 radical (unpaired) electrons. The number of nitrogens with two attached hydrogens (primary N) is 1. The average Bonchev–Trinajstić information content (AvgIpc) is 2.44. The number of halogens is 1. The zero-order valence-corrected chi connectivity index (χ0v) is 16.0. The summed E-state index contributed by atoms with van der Waals surface area (Å²) in [6.45, 7) is 8.08. The molecular formula is C16H29ClN2O3S. The normalized spacial score (nSPS) is 12.8. The van der Waals surface area contributed by atoms with Crippen molar-refractivity contribution in [1.29, 1.82) is 0 Å². The lowest BCUT2D eigenvalue weighted by Crippen LogP contribution is -2.40. The molecule has 1 rings (SSSR count). The Morgan fingerprint density at radius 1 is 1.30 bits per heavy atom. The fraction of sp³-hybridized carbons (Fsp3) is 0.625. The predicted octanol–water partition coefficient (Wildman–Crippen LogP) is 3.00. The number of rotatable bonds is 9. The van der Waals surface area contributed by atoms with E-state index in [4.69, 9.17) is 10.5 Å². The second-order valence-electron chi connectivity index (χ2n) is 5.79. The summed E-state index contributed by atoms with van der Waals surface area (Å²) in [7, 11) is -3.56. The van der Waals surface area contributed by atoms with Gasteiger partial charge < -0.3 is 10.5 Å². The fourth-order valence-electron chi connectivity index (χ4n) is 2.14. The highest BCUT2D eigenvalue weighted by atomic mass is 35.5. The van der Waals surface area contributed by atoms with Crippen molar-refractivity contribution < 1.29 is 13.2 Å². The van der Waals surface area contributed by atoms with Crippen molar-refractivity contribution in [2.45, 2.75) is 64.0 Å². The summed E-state index contributed by atoms with van der Waals surface area (Å²) in [6, 6.07) is 4.68. The van der Waals surface area contributed by atoms with Crippen LogP contribution in [0.4, 0.5) is 0 Å². The van der Waals surface area contributed by atoms with Crippen LogP contribution >= 0.6 is 12.4 Å². The zero-order valence-electron chi connectivity index (χ0n) is 14.3. The predicted molar refractivity (Wildman–Crippen MR) is 96.9 cm³/mol. The maximum Gasteiger partial charge on any atom is 0.240 e. The Hall–Kier alpha value is -0.820. The number of sulfonamides is 1. The largest absolute Gasteiger partial charge is 0.491 e. The van der Waals surface area contributed by atoms with Crippen molar-refractivity contribution in [3.8, 4) is 5.75 Å². The third kappa shape index (κ3) is 7.08. The van der Waals surface area contributed by atoms with E-state index in [9.17, 15) is 8.42 Å². The fourth-order valence-corrected chi connectivity index (χ4v) is 3.51. The summed E-state index contributed by atoms with van der Waals surface area (Å²) < 4.78 is 33.2. The first-order chi connectivity index (χ1) is 10.3. The quantitative estimate of drug-likeness (QED) is 0.705. The average molecular weight is 365 g/mol. The van der Waals surface area contributed by atoms with Gasteiger partial charge in [-0.3, -0.25) is 0 Å². The van der Waals surface area contributed by atoms with Crippen molar-refractivity contribution in [3.05, 3.63) is 23.8 Å². The molecule has 0 aromatic heterocycles. The minimum atomic E-state index is -3.56. The number of hydrogen-bond acceptors (Lipinski definition) is 4. The molecule has 1 aromatic carbocycles. The summed E-state index contributed by atoms with van der Waals surface area (Å²) >= 11 is 0. The van der Waals surface area contributed by atoms with Gasteiger partial charge >= 0.3 is 0 Å². The monoisotopic (exact) mass is 364 g/mol. The Kier molecular flexibility index (Phi) is 9.77. The number of ether oxygens (including phenoxy) is 1. The van der Waals surface area contributed by atoms with Gasteiger partial charge in [0.2, 0.25) is 10.0 Å². The SMILES string of the molecule is CCCCC(CN)NS(=O)(=O)c1ccc(OC(C)C)c(C)c1.Cl. The Bertz CT molecular complexity index is 577. The Labute approximate surface area is 146 Å². The molecule has 0 aliphatic rings. The van der Waals surface area contributed by atoms with Crippen LogP contribution in [0.2, 0.25) is 0 Å². The molecule has 0 aliphatic heterocycles. The van der Waals surface area contributed by atoms with Gasteiger partial charge in [0.1, 0.15) is 5.75 Å². The van der Waals surface area contributed by atoms with Crippen molar-refractivity contribution in [2.75, 3.05) is 6.54 Å². The van der Waals surface area contributed by atoms with Gasteiger partial charge in [-0.05, 0) is 51.0 Å². The van der Waals surface area contributed by atoms with Crippen molar-refractivity contribution >= 4 is 22.4 Å². The van der Waals surface area contributed by atoms with Crippen LogP contribution in [-0.2, 0) is 10.0 Å². The maximum absolute atomic E-state index is 12.4. The molecule has 7 heteroatoms. The molecule has 3 N–H and O–H groups in total. The van der Waals surface area contributed by atoms with Gasteiger partial charge in [0.25, 0.3) is 0 Å². The number of aryl methyl sites for hydroxylation is 1. The van der Waals surface area contributed by atoms with Crippen LogP contribution < -0.4 is 15.2 Å². The molecule has 0 bridgehead atoms. The zero-order chi connectivity index (χ0) is 16.8. The van der Waals surface area contributed by atoms with Gasteiger partial charge in [0.15, 0.2) is 0 Å². The molecule has 1 unspecified atom stereocenters. The highest BCUT2D eigenvalue weighted by Crippen LogP contribution is 2.23. The van der Waals surface area contributed by atoms with Gasteiger partial charge in [-0.15, -0.1) is 12.4 Å². The molecule has 0 spiro atoms. The molecule has 1 aromatic rings. The lowest BCUT2D eigenvalue weighted by Gasteiger charge is -2.18. The molecule has 0 amide bonds. The number of unbranched alkanes of at least 4 members (excludes halogenated alkanes) is 1. The van der Waals surface area contributed by atoms with Crippen LogP contribution in [0.5, 0.6) is 5.75 Å². The summed E-state index contributed by atoms with van der Waals surface area (Å²) in [4.78, 5) is 0.246. The van der Waals surface area contributed by atoms with Crippen molar-refractivity contribution in [3.63, 3.8) is 0 Å². The van der Waals surface area contributed by atoms with E-state index in [0.717, 1.165) is 24.8 Å². The maximum atomic E-state index is 12.4. The minimum Gasteiger partial charge on any atom is -0.491 e. The van der Waals surface area contributed by atoms with Crippen LogP contribution in [0.15, 0.2) is 23.1 Å². The molecule has 0 saturated heterocycles. The standard InChI is InChI=1S/C16H28N2O3S.ClH/c1-5-6-7-14(11-17)18-22(19,20)15-8-9-16(13(4)10-15)21-12(2)3;/h8-10,12,14,18H,5-7,11,17H2,1-4H3;1H. The first-order valence-corrected chi connectivity index (χ1v) is 9.28. The summed E-state index contributed by atoms with van der Waals surface area (Å²) in [6.07, 6.45) is 2.76. The molecule has 0 fully saturated rings. The van der Waals surface area contributed by atoms with E-state index in [1.165, 1.54) is 0 Å². The summed E-state index contributed by atoms with van der Waals surface area (Å²) in [5.74, 6) is 0.704. The summed E-state index contributed by atoms with van der Waals surface area (Å²) in [5, 5.41) is 0. The van der Waals surface area contributed by atoms with Gasteiger partial charge in [-0.25, -0.2) is 13.1 Å². The van der Waals surface area contributed by atoms with Crippen LogP contribution in [0, 0.1) is 6.92 Å². The third-order valence-electron chi connectivity index (χ3n) is 3.33. The Morgan fingerprint density at radius 2 is 1.96 bits per heavy atom. The number of hydrogen-bond donors (Lipinski definition) is 2. The van der Waals surface area contributed by atoms with Crippen LogP contribution in [0.1, 0.15) is 45.6 Å². The number of benzene rings is 1. The van der Waals surface area contributed by atoms with Crippen LogP contribution in [-0.4, -0.2) is 27.1 Å². The molecule has 23 heavy (non-hydrogen) atoms. The molecule has 0 heterocycles. The van der Waals surface area contributed by atoms with E-state index in [1.54, 1.807) is 18.2 Å². The third-order valence-corrected chi connectivity index (χ3v) is 4.85. The molecule has 134 valence electrons. The molecular weight excluding hydrogens is 336 g/mol. The minimum absolute atomic E-state index is 0.